The van der Waals surface area contributed by atoms with Crippen LogP contribution in [0.3, 0.4) is 0 Å². The van der Waals surface area contributed by atoms with Gasteiger partial charge in [-0.1, -0.05) is 24.1 Å². The minimum Gasteiger partial charge on any atom is -0.383 e. The molecule has 4 aromatic rings. The van der Waals surface area contributed by atoms with Gasteiger partial charge in [0.15, 0.2) is 5.65 Å². The molecule has 0 spiro atoms. The number of nitrogens with zero attached hydrogens (tertiary/aromatic N) is 5. The molecule has 1 unspecified atom stereocenters. The summed E-state index contributed by atoms with van der Waals surface area (Å²) in [4.78, 5) is 23.6. The minimum atomic E-state index is -3.04. The minimum absolute atomic E-state index is 0.142. The van der Waals surface area contributed by atoms with E-state index in [0.29, 0.717) is 46.3 Å². The van der Waals surface area contributed by atoms with Crippen molar-refractivity contribution in [1.29, 1.82) is 0 Å². The molecular formula is C29H29F2N7O. The third-order valence-electron chi connectivity index (χ3n) is 6.92. The first-order valence-electron chi connectivity index (χ1n) is 12.7. The van der Waals surface area contributed by atoms with Crippen molar-refractivity contribution < 1.29 is 13.6 Å². The van der Waals surface area contributed by atoms with Crippen molar-refractivity contribution >= 4 is 28.4 Å². The molecule has 1 saturated heterocycles. The number of aryl methyl sites for hydroxylation is 1. The van der Waals surface area contributed by atoms with E-state index in [2.05, 4.69) is 39.1 Å². The SMILES string of the molecule is Cc1ccc(NC(=O)c2cccc(C(C)(F)F)c2)cc1C#Cc1nn(CC2CCN(C)C2)c2ncnc(N)c12. The molecule has 2 aromatic heterocycles. The summed E-state index contributed by atoms with van der Waals surface area (Å²) in [6, 6.07) is 10.7. The van der Waals surface area contributed by atoms with Crippen molar-refractivity contribution in [2.45, 2.75) is 32.7 Å². The normalized spacial score (nSPS) is 15.8. The molecule has 1 amide bonds. The van der Waals surface area contributed by atoms with Crippen LogP contribution in [0.25, 0.3) is 11.0 Å². The molecule has 3 heterocycles. The van der Waals surface area contributed by atoms with Gasteiger partial charge < -0.3 is 16.0 Å². The van der Waals surface area contributed by atoms with Crippen LogP contribution >= 0.6 is 0 Å². The number of hydrogen-bond donors (Lipinski definition) is 2. The van der Waals surface area contributed by atoms with Crippen molar-refractivity contribution in [3.63, 3.8) is 0 Å². The molecule has 8 nitrogen and oxygen atoms in total. The molecule has 0 saturated carbocycles. The number of alkyl halides is 2. The second-order valence-corrected chi connectivity index (χ2v) is 10.1. The van der Waals surface area contributed by atoms with Gasteiger partial charge in [0.2, 0.25) is 0 Å². The monoisotopic (exact) mass is 529 g/mol. The highest BCUT2D eigenvalue weighted by Gasteiger charge is 2.25. The van der Waals surface area contributed by atoms with Gasteiger partial charge in [-0.15, -0.1) is 0 Å². The zero-order chi connectivity index (χ0) is 27.7. The highest BCUT2D eigenvalue weighted by atomic mass is 19.3. The number of anilines is 2. The number of carbonyl (C=O) groups is 1. The number of benzene rings is 2. The summed E-state index contributed by atoms with van der Waals surface area (Å²) < 4.78 is 29.3. The van der Waals surface area contributed by atoms with Crippen LogP contribution in [0.2, 0.25) is 0 Å². The standard InChI is InChI=1S/C29H29F2N7O/c1-18-7-9-23(35-28(39)21-5-4-6-22(13-21)29(2,30)31)14-20(18)8-10-24-25-26(32)33-17-34-27(25)38(36-24)16-19-11-12-37(3)15-19/h4-7,9,13-14,17,19H,11-12,15-16H2,1-3H3,(H,35,39)(H2,32,33,34). The van der Waals surface area contributed by atoms with Gasteiger partial charge in [-0.3, -0.25) is 4.79 Å². The van der Waals surface area contributed by atoms with Gasteiger partial charge in [-0.05, 0) is 68.6 Å². The summed E-state index contributed by atoms with van der Waals surface area (Å²) in [7, 11) is 2.11. The predicted octanol–water partition coefficient (Wildman–Crippen LogP) is 4.43. The average molecular weight is 530 g/mol. The molecule has 200 valence electrons. The summed E-state index contributed by atoms with van der Waals surface area (Å²) in [6.07, 6.45) is 2.52. The van der Waals surface area contributed by atoms with Crippen molar-refractivity contribution in [3.8, 4) is 11.8 Å². The molecule has 1 fully saturated rings. The Labute approximate surface area is 225 Å². The van der Waals surface area contributed by atoms with Crippen LogP contribution in [-0.4, -0.2) is 50.7 Å². The summed E-state index contributed by atoms with van der Waals surface area (Å²) in [5, 5.41) is 8.12. The van der Waals surface area contributed by atoms with E-state index < -0.39 is 11.8 Å². The number of carbonyl (C=O) groups excluding carboxylic acids is 1. The first-order chi connectivity index (χ1) is 18.6. The van der Waals surface area contributed by atoms with Gasteiger partial charge in [0.1, 0.15) is 17.8 Å². The second kappa shape index (κ2) is 10.4. The Morgan fingerprint density at radius 2 is 2.03 bits per heavy atom. The Balaban J connectivity index is 1.42. The molecule has 0 aliphatic carbocycles. The highest BCUT2D eigenvalue weighted by molar-refractivity contribution is 6.04. The highest BCUT2D eigenvalue weighted by Crippen LogP contribution is 2.28. The number of halogens is 2. The molecule has 1 aliphatic heterocycles. The number of hydrogen-bond acceptors (Lipinski definition) is 6. The Morgan fingerprint density at radius 1 is 1.21 bits per heavy atom. The first-order valence-corrected chi connectivity index (χ1v) is 12.7. The molecule has 5 rings (SSSR count). The van der Waals surface area contributed by atoms with Crippen LogP contribution in [0.1, 0.15) is 46.1 Å². The van der Waals surface area contributed by atoms with E-state index in [0.717, 1.165) is 32.0 Å². The van der Waals surface area contributed by atoms with E-state index in [1.165, 1.54) is 30.6 Å². The van der Waals surface area contributed by atoms with Gasteiger partial charge in [0.25, 0.3) is 11.8 Å². The third kappa shape index (κ3) is 5.73. The Hall–Kier alpha value is -4.36. The van der Waals surface area contributed by atoms with Crippen molar-refractivity contribution in [2.24, 2.45) is 5.92 Å². The zero-order valence-electron chi connectivity index (χ0n) is 22.0. The maximum atomic E-state index is 13.7. The van der Waals surface area contributed by atoms with Crippen LogP contribution in [-0.2, 0) is 12.5 Å². The molecule has 10 heteroatoms. The number of nitrogens with one attached hydrogen (secondary N) is 1. The second-order valence-electron chi connectivity index (χ2n) is 10.1. The summed E-state index contributed by atoms with van der Waals surface area (Å²) in [5.74, 6) is 3.52. The van der Waals surface area contributed by atoms with Gasteiger partial charge >= 0.3 is 0 Å². The van der Waals surface area contributed by atoms with Crippen molar-refractivity contribution in [1.82, 2.24) is 24.6 Å². The van der Waals surface area contributed by atoms with E-state index in [4.69, 9.17) is 10.8 Å². The largest absolute Gasteiger partial charge is 0.383 e. The Bertz CT molecular complexity index is 1610. The molecule has 1 aliphatic rings. The molecule has 1 atom stereocenters. The van der Waals surface area contributed by atoms with Crippen LogP contribution in [0.4, 0.5) is 20.3 Å². The van der Waals surface area contributed by atoms with E-state index in [9.17, 15) is 13.6 Å². The fourth-order valence-corrected chi connectivity index (χ4v) is 4.76. The van der Waals surface area contributed by atoms with Crippen molar-refractivity contribution in [2.75, 3.05) is 31.2 Å². The maximum absolute atomic E-state index is 13.7. The third-order valence-corrected chi connectivity index (χ3v) is 6.92. The topological polar surface area (TPSA) is 102 Å². The lowest BCUT2D eigenvalue weighted by Crippen LogP contribution is -2.17. The maximum Gasteiger partial charge on any atom is 0.270 e. The number of amides is 1. The quantitative estimate of drug-likeness (QED) is 0.371. The average Bonchev–Trinajstić information content (AvgIpc) is 3.47. The number of rotatable bonds is 5. The Kier molecular flexibility index (Phi) is 7.02. The van der Waals surface area contributed by atoms with Crippen LogP contribution < -0.4 is 11.1 Å². The number of nitrogen functional groups attached to an aromatic ring is 1. The summed E-state index contributed by atoms with van der Waals surface area (Å²) in [6.45, 7) is 5.47. The summed E-state index contributed by atoms with van der Waals surface area (Å²) in [5.41, 5.74) is 9.32. The lowest BCUT2D eigenvalue weighted by Gasteiger charge is -2.12. The van der Waals surface area contributed by atoms with Gasteiger partial charge in [-0.25, -0.2) is 23.4 Å². The number of aromatic nitrogens is 4. The van der Waals surface area contributed by atoms with E-state index in [1.54, 1.807) is 12.1 Å². The lowest BCUT2D eigenvalue weighted by atomic mass is 10.1. The van der Waals surface area contributed by atoms with E-state index in [-0.39, 0.29) is 11.1 Å². The van der Waals surface area contributed by atoms with Crippen LogP contribution in [0.15, 0.2) is 48.8 Å². The summed E-state index contributed by atoms with van der Waals surface area (Å²) >= 11 is 0. The molecule has 0 bridgehead atoms. The fourth-order valence-electron chi connectivity index (χ4n) is 4.76. The van der Waals surface area contributed by atoms with Gasteiger partial charge in [0.05, 0.1) is 5.39 Å². The van der Waals surface area contributed by atoms with Crippen molar-refractivity contribution in [3.05, 3.63) is 76.7 Å². The number of fused-ring (bicyclic) bond motifs is 1. The lowest BCUT2D eigenvalue weighted by molar-refractivity contribution is 0.0174. The molecular weight excluding hydrogens is 500 g/mol. The van der Waals surface area contributed by atoms with Gasteiger partial charge in [0, 0.05) is 42.4 Å². The van der Waals surface area contributed by atoms with E-state index >= 15 is 0 Å². The molecule has 2 aromatic carbocycles. The molecule has 0 radical (unpaired) electrons. The van der Waals surface area contributed by atoms with Crippen LogP contribution in [0.5, 0.6) is 0 Å². The molecule has 3 N–H and O–H groups in total. The van der Waals surface area contributed by atoms with Crippen LogP contribution in [0, 0.1) is 24.7 Å². The Morgan fingerprint density at radius 3 is 2.77 bits per heavy atom. The fraction of sp³-hybridized carbons (Fsp3) is 0.310. The predicted molar refractivity (Wildman–Crippen MR) is 146 cm³/mol. The van der Waals surface area contributed by atoms with Gasteiger partial charge in [-0.2, -0.15) is 5.10 Å². The number of likely N-dealkylation sites (tertiary alicyclic amines) is 1. The zero-order valence-corrected chi connectivity index (χ0v) is 22.0. The smallest absolute Gasteiger partial charge is 0.270 e. The number of nitrogens with two attached hydrogens (primary N) is 1. The van der Waals surface area contributed by atoms with E-state index in [1.807, 2.05) is 17.7 Å². The molecule has 39 heavy (non-hydrogen) atoms. The first kappa shape index (κ1) is 26.3.